The summed E-state index contributed by atoms with van der Waals surface area (Å²) in [7, 11) is 0. The average molecular weight is 283 g/mol. The highest BCUT2D eigenvalue weighted by Gasteiger charge is 2.22. The number of aliphatic carboxylic acids is 2. The van der Waals surface area contributed by atoms with Crippen LogP contribution in [-0.2, 0) is 9.59 Å². The van der Waals surface area contributed by atoms with E-state index < -0.39 is 24.4 Å². The number of aryl methyl sites for hydroxylation is 1. The Kier molecular flexibility index (Phi) is 5.24. The summed E-state index contributed by atoms with van der Waals surface area (Å²) in [6.07, 6.45) is -0.668. The topological polar surface area (TPSA) is 122 Å². The molecule has 3 N–H and O–H groups in total. The molecular weight excluding hydrogens is 266 g/mol. The smallest absolute Gasteiger partial charge is 0.326 e. The first-order valence-corrected chi connectivity index (χ1v) is 6.01. The molecule has 1 rings (SSSR count). The van der Waals surface area contributed by atoms with Crippen molar-refractivity contribution in [3.63, 3.8) is 0 Å². The zero-order valence-electron chi connectivity index (χ0n) is 11.5. The van der Waals surface area contributed by atoms with E-state index in [9.17, 15) is 9.59 Å². The predicted molar refractivity (Wildman–Crippen MR) is 69.8 cm³/mol. The lowest BCUT2D eigenvalue weighted by molar-refractivity contribution is -0.144. The summed E-state index contributed by atoms with van der Waals surface area (Å²) in [6, 6.07) is 0.305. The Morgan fingerprint density at radius 3 is 2.50 bits per heavy atom. The number of carbonyl (C=O) groups is 2. The Bertz CT molecular complexity index is 504. The molecule has 0 aromatic carbocycles. The summed E-state index contributed by atoms with van der Waals surface area (Å²) in [6.45, 7) is 5.36. The van der Waals surface area contributed by atoms with Crippen LogP contribution < -0.4 is 10.1 Å². The SMILES string of the molecule is Cc1cc(OC(C)C)nc(NC(CC(=O)O)C(=O)O)n1. The minimum atomic E-state index is -1.30. The summed E-state index contributed by atoms with van der Waals surface area (Å²) in [5.74, 6) is -2.19. The fourth-order valence-electron chi connectivity index (χ4n) is 1.44. The van der Waals surface area contributed by atoms with Crippen LogP contribution in [0.4, 0.5) is 5.95 Å². The van der Waals surface area contributed by atoms with E-state index in [4.69, 9.17) is 14.9 Å². The molecule has 0 aliphatic heterocycles. The summed E-state index contributed by atoms with van der Waals surface area (Å²) >= 11 is 0. The van der Waals surface area contributed by atoms with Crippen molar-refractivity contribution in [2.45, 2.75) is 39.3 Å². The molecular formula is C12H17N3O5. The maximum atomic E-state index is 11.0. The van der Waals surface area contributed by atoms with Crippen molar-refractivity contribution in [2.24, 2.45) is 0 Å². The second kappa shape index (κ2) is 6.69. The van der Waals surface area contributed by atoms with Crippen LogP contribution >= 0.6 is 0 Å². The summed E-state index contributed by atoms with van der Waals surface area (Å²) in [5.41, 5.74) is 0.581. The lowest BCUT2D eigenvalue weighted by Gasteiger charge is -2.14. The van der Waals surface area contributed by atoms with E-state index in [2.05, 4.69) is 15.3 Å². The first kappa shape index (κ1) is 15.7. The highest BCUT2D eigenvalue weighted by Crippen LogP contribution is 2.14. The van der Waals surface area contributed by atoms with Gasteiger partial charge in [0.1, 0.15) is 6.04 Å². The van der Waals surface area contributed by atoms with E-state index in [0.717, 1.165) is 0 Å². The minimum absolute atomic E-state index is 0.0225. The molecule has 8 nitrogen and oxygen atoms in total. The van der Waals surface area contributed by atoms with E-state index >= 15 is 0 Å². The average Bonchev–Trinajstić information content (AvgIpc) is 2.25. The van der Waals surface area contributed by atoms with Gasteiger partial charge in [0.05, 0.1) is 12.5 Å². The molecule has 0 spiro atoms. The van der Waals surface area contributed by atoms with Gasteiger partial charge in [-0.3, -0.25) is 4.79 Å². The van der Waals surface area contributed by atoms with Gasteiger partial charge in [0, 0.05) is 11.8 Å². The highest BCUT2D eigenvalue weighted by atomic mass is 16.5. The number of rotatable bonds is 7. The third kappa shape index (κ3) is 5.09. The maximum Gasteiger partial charge on any atom is 0.326 e. The van der Waals surface area contributed by atoms with Crippen LogP contribution in [0.1, 0.15) is 26.0 Å². The van der Waals surface area contributed by atoms with E-state index in [1.165, 1.54) is 0 Å². The first-order chi connectivity index (χ1) is 9.27. The fraction of sp³-hybridized carbons (Fsp3) is 0.500. The fourth-order valence-corrected chi connectivity index (χ4v) is 1.44. The Morgan fingerprint density at radius 1 is 1.35 bits per heavy atom. The van der Waals surface area contributed by atoms with Crippen LogP contribution in [0.3, 0.4) is 0 Å². The van der Waals surface area contributed by atoms with Crippen molar-refractivity contribution in [1.29, 1.82) is 0 Å². The van der Waals surface area contributed by atoms with E-state index in [0.29, 0.717) is 11.6 Å². The van der Waals surface area contributed by atoms with Gasteiger partial charge in [0.15, 0.2) is 0 Å². The molecule has 0 aliphatic carbocycles. The van der Waals surface area contributed by atoms with E-state index in [1.54, 1.807) is 13.0 Å². The molecule has 0 saturated heterocycles. The van der Waals surface area contributed by atoms with Crippen LogP contribution in [-0.4, -0.2) is 44.3 Å². The van der Waals surface area contributed by atoms with Crippen LogP contribution in [0.2, 0.25) is 0 Å². The molecule has 0 aliphatic rings. The summed E-state index contributed by atoms with van der Waals surface area (Å²) in [4.78, 5) is 29.6. The predicted octanol–water partition coefficient (Wildman–Crippen LogP) is 0.912. The molecule has 110 valence electrons. The van der Waals surface area contributed by atoms with Gasteiger partial charge >= 0.3 is 11.9 Å². The third-order valence-corrected chi connectivity index (χ3v) is 2.17. The zero-order valence-corrected chi connectivity index (χ0v) is 11.5. The van der Waals surface area contributed by atoms with Crippen molar-refractivity contribution in [2.75, 3.05) is 5.32 Å². The van der Waals surface area contributed by atoms with Gasteiger partial charge in [0.25, 0.3) is 0 Å². The lowest BCUT2D eigenvalue weighted by Crippen LogP contribution is -2.32. The number of aromatic nitrogens is 2. The van der Waals surface area contributed by atoms with Crippen molar-refractivity contribution in [3.05, 3.63) is 11.8 Å². The summed E-state index contributed by atoms with van der Waals surface area (Å²) in [5, 5.41) is 20.1. The molecule has 20 heavy (non-hydrogen) atoms. The minimum Gasteiger partial charge on any atom is -0.481 e. The first-order valence-electron chi connectivity index (χ1n) is 6.01. The Balaban J connectivity index is 2.91. The van der Waals surface area contributed by atoms with Gasteiger partial charge < -0.3 is 20.3 Å². The number of carboxylic acid groups (broad SMARTS) is 2. The van der Waals surface area contributed by atoms with Crippen LogP contribution in [0.5, 0.6) is 5.88 Å². The number of ether oxygens (including phenoxy) is 1. The number of hydrogen-bond acceptors (Lipinski definition) is 6. The largest absolute Gasteiger partial charge is 0.481 e. The molecule has 0 amide bonds. The molecule has 1 heterocycles. The van der Waals surface area contributed by atoms with Crippen LogP contribution in [0.15, 0.2) is 6.07 Å². The van der Waals surface area contributed by atoms with Crippen molar-refractivity contribution < 1.29 is 24.5 Å². The molecule has 1 unspecified atom stereocenters. The number of carboxylic acids is 2. The number of anilines is 1. The van der Waals surface area contributed by atoms with Gasteiger partial charge in [-0.15, -0.1) is 0 Å². The van der Waals surface area contributed by atoms with Gasteiger partial charge in [-0.1, -0.05) is 0 Å². The van der Waals surface area contributed by atoms with Crippen molar-refractivity contribution >= 4 is 17.9 Å². The highest BCUT2D eigenvalue weighted by molar-refractivity contribution is 5.82. The van der Waals surface area contributed by atoms with Gasteiger partial charge in [-0.2, -0.15) is 4.98 Å². The second-order valence-corrected chi connectivity index (χ2v) is 4.47. The van der Waals surface area contributed by atoms with E-state index in [-0.39, 0.29) is 12.1 Å². The maximum absolute atomic E-state index is 11.0. The van der Waals surface area contributed by atoms with Crippen molar-refractivity contribution in [3.8, 4) is 5.88 Å². The molecule has 8 heteroatoms. The molecule has 1 aromatic rings. The number of nitrogens with zero attached hydrogens (tertiary/aromatic N) is 2. The van der Waals surface area contributed by atoms with Crippen molar-refractivity contribution in [1.82, 2.24) is 9.97 Å². The van der Waals surface area contributed by atoms with Gasteiger partial charge in [-0.25, -0.2) is 9.78 Å². The van der Waals surface area contributed by atoms with Crippen LogP contribution in [0, 0.1) is 6.92 Å². The Labute approximate surface area is 115 Å². The van der Waals surface area contributed by atoms with E-state index in [1.807, 2.05) is 13.8 Å². The number of nitrogens with one attached hydrogen (secondary N) is 1. The molecule has 0 bridgehead atoms. The number of hydrogen-bond donors (Lipinski definition) is 3. The Hall–Kier alpha value is -2.38. The van der Waals surface area contributed by atoms with Gasteiger partial charge in [0.2, 0.25) is 11.8 Å². The Morgan fingerprint density at radius 2 is 2.00 bits per heavy atom. The van der Waals surface area contributed by atoms with Crippen LogP contribution in [0.25, 0.3) is 0 Å². The quantitative estimate of drug-likeness (QED) is 0.675. The standard InChI is InChI=1S/C12H17N3O5/c1-6(2)20-9-4-7(3)13-12(15-9)14-8(11(18)19)5-10(16)17/h4,6,8H,5H2,1-3H3,(H,16,17)(H,18,19)(H,13,14,15). The second-order valence-electron chi connectivity index (χ2n) is 4.47. The lowest BCUT2D eigenvalue weighted by atomic mass is 10.2. The molecule has 1 aromatic heterocycles. The summed E-state index contributed by atoms with van der Waals surface area (Å²) < 4.78 is 5.40. The third-order valence-electron chi connectivity index (χ3n) is 2.17. The monoisotopic (exact) mass is 283 g/mol. The molecule has 0 radical (unpaired) electrons. The molecule has 0 fully saturated rings. The zero-order chi connectivity index (χ0) is 15.3. The molecule has 0 saturated carbocycles. The van der Waals surface area contributed by atoms with Gasteiger partial charge in [-0.05, 0) is 20.8 Å². The molecule has 1 atom stereocenters. The normalized spacial score (nSPS) is 12.0.